The lowest BCUT2D eigenvalue weighted by molar-refractivity contribution is 0.0949. The van der Waals surface area contributed by atoms with E-state index in [1.807, 2.05) is 36.4 Å². The Labute approximate surface area is 239 Å². The molecule has 3 aromatic heterocycles. The summed E-state index contributed by atoms with van der Waals surface area (Å²) in [6.07, 6.45) is 5.30. The van der Waals surface area contributed by atoms with Crippen molar-refractivity contribution in [1.29, 1.82) is 0 Å². The molecule has 6 rings (SSSR count). The Morgan fingerprint density at radius 1 is 1.05 bits per heavy atom. The number of benzene rings is 1. The van der Waals surface area contributed by atoms with E-state index >= 15 is 0 Å². The van der Waals surface area contributed by atoms with Gasteiger partial charge in [0.2, 0.25) is 0 Å². The van der Waals surface area contributed by atoms with Crippen molar-refractivity contribution in [2.75, 3.05) is 24.2 Å². The van der Waals surface area contributed by atoms with Gasteiger partial charge in [0.25, 0.3) is 5.91 Å². The number of fused-ring (bicyclic) bond motifs is 1. The van der Waals surface area contributed by atoms with Crippen LogP contribution in [0.2, 0.25) is 0 Å². The van der Waals surface area contributed by atoms with E-state index < -0.39 is 9.84 Å². The van der Waals surface area contributed by atoms with Crippen LogP contribution in [0.15, 0.2) is 65.7 Å². The number of aliphatic hydroxyl groups is 1. The maximum atomic E-state index is 12.9. The van der Waals surface area contributed by atoms with Gasteiger partial charge in [-0.2, -0.15) is 0 Å². The van der Waals surface area contributed by atoms with Crippen LogP contribution in [0.25, 0.3) is 22.3 Å². The molecule has 10 heteroatoms. The standard InChI is InChI=1S/C31H33N5O4S/c1-19-18-36(13-12-28(19)37)30-5-3-4-25(35-30)26-11-9-22-16-32-23(15-27(22)34-26)17-33-31(38)21-8-10-24(20-6-7-20)29(14-21)41(2,39)40/h3-5,8-11,14-16,19-20,28,37H,6-7,12-13,17-18H2,1-2H3,(H,33,38)/t19-,28+/m0/s1. The summed E-state index contributed by atoms with van der Waals surface area (Å²) < 4.78 is 24.7. The highest BCUT2D eigenvalue weighted by Gasteiger charge is 2.29. The normalized spacial score (nSPS) is 19.3. The van der Waals surface area contributed by atoms with Crippen molar-refractivity contribution >= 4 is 32.5 Å². The first-order valence-corrected chi connectivity index (χ1v) is 15.8. The molecule has 0 bridgehead atoms. The van der Waals surface area contributed by atoms with E-state index in [1.165, 1.54) is 12.3 Å². The van der Waals surface area contributed by atoms with E-state index in [0.717, 1.165) is 66.0 Å². The van der Waals surface area contributed by atoms with Gasteiger partial charge in [0.15, 0.2) is 9.84 Å². The number of amides is 1. The van der Waals surface area contributed by atoms with Crippen LogP contribution in [0.3, 0.4) is 0 Å². The molecule has 2 atom stereocenters. The van der Waals surface area contributed by atoms with Gasteiger partial charge in [-0.05, 0) is 79.1 Å². The molecule has 1 aliphatic carbocycles. The van der Waals surface area contributed by atoms with Crippen molar-refractivity contribution in [3.8, 4) is 11.4 Å². The van der Waals surface area contributed by atoms with Crippen LogP contribution in [0.1, 0.15) is 53.7 Å². The van der Waals surface area contributed by atoms with Crippen LogP contribution >= 0.6 is 0 Å². The van der Waals surface area contributed by atoms with Gasteiger partial charge >= 0.3 is 0 Å². The molecule has 0 radical (unpaired) electrons. The van der Waals surface area contributed by atoms with Crippen LogP contribution in [0, 0.1) is 5.92 Å². The molecule has 0 spiro atoms. The number of nitrogens with zero attached hydrogens (tertiary/aromatic N) is 4. The van der Waals surface area contributed by atoms with Gasteiger partial charge in [0, 0.05) is 36.5 Å². The second-order valence-corrected chi connectivity index (χ2v) is 13.2. The highest BCUT2D eigenvalue weighted by Crippen LogP contribution is 2.43. The Balaban J connectivity index is 1.19. The number of carbonyl (C=O) groups is 1. The zero-order chi connectivity index (χ0) is 28.7. The average Bonchev–Trinajstić information content (AvgIpc) is 3.82. The Morgan fingerprint density at radius 2 is 1.85 bits per heavy atom. The SMILES string of the molecule is C[C@H]1CN(c2cccc(-c3ccc4cnc(CNC(=O)c5ccc(C6CC6)c(S(C)(=O)=O)c5)cc4n3)n2)CC[C@H]1O. The molecule has 212 valence electrons. The van der Waals surface area contributed by atoms with Gasteiger partial charge in [0.05, 0.1) is 40.1 Å². The molecule has 9 nitrogen and oxygen atoms in total. The summed E-state index contributed by atoms with van der Waals surface area (Å²) in [6, 6.07) is 16.5. The summed E-state index contributed by atoms with van der Waals surface area (Å²) in [4.78, 5) is 29.5. The van der Waals surface area contributed by atoms with Crippen LogP contribution in [0.5, 0.6) is 0 Å². The molecular formula is C31H33N5O4S. The smallest absolute Gasteiger partial charge is 0.251 e. The van der Waals surface area contributed by atoms with E-state index in [9.17, 15) is 18.3 Å². The summed E-state index contributed by atoms with van der Waals surface area (Å²) in [5.41, 5.74) is 3.96. The predicted octanol–water partition coefficient (Wildman–Crippen LogP) is 4.11. The summed E-state index contributed by atoms with van der Waals surface area (Å²) in [5, 5.41) is 13.8. The lowest BCUT2D eigenvalue weighted by Gasteiger charge is -2.35. The number of piperidine rings is 1. The number of carbonyl (C=O) groups excluding carboxylic acids is 1. The number of hydrogen-bond donors (Lipinski definition) is 2. The Kier molecular flexibility index (Phi) is 7.21. The predicted molar refractivity (Wildman–Crippen MR) is 157 cm³/mol. The average molecular weight is 572 g/mol. The largest absolute Gasteiger partial charge is 0.393 e. The molecule has 1 aromatic carbocycles. The minimum atomic E-state index is -3.45. The molecule has 2 fully saturated rings. The van der Waals surface area contributed by atoms with E-state index in [0.29, 0.717) is 11.3 Å². The lowest BCUT2D eigenvalue weighted by Crippen LogP contribution is -2.42. The molecule has 2 aliphatic rings. The minimum Gasteiger partial charge on any atom is -0.393 e. The monoisotopic (exact) mass is 571 g/mol. The number of aliphatic hydroxyl groups excluding tert-OH is 1. The van der Waals surface area contributed by atoms with Gasteiger partial charge in [-0.15, -0.1) is 0 Å². The number of nitrogens with one attached hydrogen (secondary N) is 1. The fourth-order valence-electron chi connectivity index (χ4n) is 5.38. The highest BCUT2D eigenvalue weighted by atomic mass is 32.2. The van der Waals surface area contributed by atoms with E-state index in [4.69, 9.17) is 9.97 Å². The van der Waals surface area contributed by atoms with Crippen molar-refractivity contribution in [2.45, 2.75) is 49.6 Å². The lowest BCUT2D eigenvalue weighted by atomic mass is 9.97. The number of pyridine rings is 3. The van der Waals surface area contributed by atoms with Crippen molar-refractivity contribution in [3.05, 3.63) is 77.6 Å². The van der Waals surface area contributed by atoms with Crippen LogP contribution in [-0.2, 0) is 16.4 Å². The zero-order valence-corrected chi connectivity index (χ0v) is 23.9. The topological polar surface area (TPSA) is 125 Å². The summed E-state index contributed by atoms with van der Waals surface area (Å²) in [6.45, 7) is 3.74. The fourth-order valence-corrected chi connectivity index (χ4v) is 6.39. The first-order valence-electron chi connectivity index (χ1n) is 13.9. The van der Waals surface area contributed by atoms with Crippen LogP contribution in [-0.4, -0.2) is 59.8 Å². The van der Waals surface area contributed by atoms with Gasteiger partial charge in [0.1, 0.15) is 5.82 Å². The van der Waals surface area contributed by atoms with E-state index in [2.05, 4.69) is 22.1 Å². The second-order valence-electron chi connectivity index (χ2n) is 11.2. The summed E-state index contributed by atoms with van der Waals surface area (Å²) in [5.74, 6) is 0.950. The van der Waals surface area contributed by atoms with Gasteiger partial charge in [-0.3, -0.25) is 9.78 Å². The Hall–Kier alpha value is -3.89. The first kappa shape index (κ1) is 27.3. The molecular weight excluding hydrogens is 538 g/mol. The molecule has 4 heterocycles. The number of rotatable bonds is 7. The number of hydrogen-bond acceptors (Lipinski definition) is 8. The highest BCUT2D eigenvalue weighted by molar-refractivity contribution is 7.90. The van der Waals surface area contributed by atoms with Crippen molar-refractivity contribution in [1.82, 2.24) is 20.3 Å². The molecule has 2 N–H and O–H groups in total. The summed E-state index contributed by atoms with van der Waals surface area (Å²) >= 11 is 0. The van der Waals surface area contributed by atoms with Gasteiger partial charge in [-0.25, -0.2) is 18.4 Å². The Bertz CT molecular complexity index is 1740. The van der Waals surface area contributed by atoms with Gasteiger partial charge in [-0.1, -0.05) is 19.1 Å². The summed E-state index contributed by atoms with van der Waals surface area (Å²) in [7, 11) is -3.45. The maximum Gasteiger partial charge on any atom is 0.251 e. The number of anilines is 1. The zero-order valence-electron chi connectivity index (χ0n) is 23.1. The third kappa shape index (κ3) is 5.94. The molecule has 41 heavy (non-hydrogen) atoms. The van der Waals surface area contributed by atoms with Crippen LogP contribution in [0.4, 0.5) is 5.82 Å². The Morgan fingerprint density at radius 3 is 2.61 bits per heavy atom. The number of aromatic nitrogens is 3. The quantitative estimate of drug-likeness (QED) is 0.340. The molecule has 1 saturated heterocycles. The first-order chi connectivity index (χ1) is 19.7. The second kappa shape index (κ2) is 10.8. The third-order valence-electron chi connectivity index (χ3n) is 7.93. The molecule has 1 saturated carbocycles. The van der Waals surface area contributed by atoms with E-state index in [1.54, 1.807) is 18.3 Å². The minimum absolute atomic E-state index is 0.173. The maximum absolute atomic E-state index is 12.9. The van der Waals surface area contributed by atoms with Crippen LogP contribution < -0.4 is 10.2 Å². The van der Waals surface area contributed by atoms with Crippen molar-refractivity contribution in [3.63, 3.8) is 0 Å². The van der Waals surface area contributed by atoms with E-state index in [-0.39, 0.29) is 35.3 Å². The molecule has 4 aromatic rings. The number of sulfone groups is 1. The molecule has 1 amide bonds. The van der Waals surface area contributed by atoms with Gasteiger partial charge < -0.3 is 15.3 Å². The molecule has 1 aliphatic heterocycles. The molecule has 0 unspecified atom stereocenters. The van der Waals surface area contributed by atoms with Crippen molar-refractivity contribution in [2.24, 2.45) is 5.92 Å². The third-order valence-corrected chi connectivity index (χ3v) is 9.09. The fraction of sp³-hybridized carbons (Fsp3) is 0.355. The van der Waals surface area contributed by atoms with Crippen molar-refractivity contribution < 1.29 is 18.3 Å².